The second-order valence-electron chi connectivity index (χ2n) is 1.89. The van der Waals surface area contributed by atoms with E-state index in [1.807, 2.05) is 0 Å². The van der Waals surface area contributed by atoms with Crippen LogP contribution in [-0.2, 0) is 0 Å². The van der Waals surface area contributed by atoms with Crippen LogP contribution in [0, 0.1) is 0 Å². The van der Waals surface area contributed by atoms with Crippen LogP contribution >= 0.6 is 0 Å². The molecule has 0 atom stereocenters. The average Bonchev–Trinajstić information content (AvgIpc) is 1.27. The molecule has 0 bridgehead atoms. The van der Waals surface area contributed by atoms with Gasteiger partial charge in [0.05, 0.1) is 0 Å². The monoisotopic (exact) mass is 493 g/mol. The van der Waals surface area contributed by atoms with Gasteiger partial charge in [0, 0.05) is 0 Å². The van der Waals surface area contributed by atoms with Gasteiger partial charge < -0.3 is 0 Å². The van der Waals surface area contributed by atoms with E-state index in [4.69, 9.17) is 0 Å². The van der Waals surface area contributed by atoms with Gasteiger partial charge in [-0.3, -0.25) is 0 Å². The topological polar surface area (TPSA) is 12.0 Å². The van der Waals surface area contributed by atoms with Gasteiger partial charge in [0.25, 0.3) is 0 Å². The Morgan fingerprint density at radius 2 is 1.14 bits per heavy atom. The first-order chi connectivity index (χ1) is 3.13. The van der Waals surface area contributed by atoms with Gasteiger partial charge >= 0.3 is 63.8 Å². The third kappa shape index (κ3) is 7.73. The van der Waals surface area contributed by atoms with E-state index >= 15 is 0 Å². The maximum absolute atomic E-state index is 3.71. The van der Waals surface area contributed by atoms with Crippen molar-refractivity contribution in [3.05, 3.63) is 0 Å². The molecule has 0 rings (SSSR count). The Morgan fingerprint density at radius 1 is 0.857 bits per heavy atom. The molecule has 0 unspecified atom stereocenters. The Morgan fingerprint density at radius 3 is 1.14 bits per heavy atom. The zero-order valence-electron chi connectivity index (χ0n) is 5.39. The molecule has 3 heteroatoms. The summed E-state index contributed by atoms with van der Waals surface area (Å²) in [5.74, 6) is 0. The molecule has 0 saturated carbocycles. The van der Waals surface area contributed by atoms with Crippen molar-refractivity contribution in [3.63, 3.8) is 0 Å². The normalized spacial score (nSPS) is 11.1. The third-order valence-corrected chi connectivity index (χ3v) is 30.8. The van der Waals surface area contributed by atoms with Gasteiger partial charge in [-0.25, -0.2) is 0 Å². The second kappa shape index (κ2) is 4.59. The molecule has 0 amide bonds. The molecule has 0 fully saturated rings. The molecule has 0 aromatic heterocycles. The van der Waals surface area contributed by atoms with Gasteiger partial charge in [0.15, 0.2) is 0 Å². The van der Waals surface area contributed by atoms with Crippen LogP contribution in [0.4, 0.5) is 0 Å². The molecule has 0 radical (unpaired) electrons. The van der Waals surface area contributed by atoms with E-state index in [1.165, 1.54) is 0 Å². The summed E-state index contributed by atoms with van der Waals surface area (Å²) in [5, 5.41) is 0. The van der Waals surface area contributed by atoms with Crippen molar-refractivity contribution in [1.82, 2.24) is 1.20 Å². The van der Waals surface area contributed by atoms with Crippen LogP contribution in [-0.4, -0.2) is 44.1 Å². The minimum atomic E-state index is -0.903. The van der Waals surface area contributed by atoms with Crippen molar-refractivity contribution in [2.24, 2.45) is 0 Å². The molecule has 44 valence electrons. The molecule has 0 aromatic rings. The van der Waals surface area contributed by atoms with Gasteiger partial charge in [-0.05, 0) is 0 Å². The van der Waals surface area contributed by atoms with E-state index < -0.39 is 44.1 Å². The van der Waals surface area contributed by atoms with Gasteiger partial charge in [-0.15, -0.1) is 0 Å². The molecule has 7 heavy (non-hydrogen) atoms. The summed E-state index contributed by atoms with van der Waals surface area (Å²) in [6.45, 7) is 0. The van der Waals surface area contributed by atoms with Gasteiger partial charge in [-0.1, -0.05) is 0 Å². The standard InChI is InChI=1S/4CH3.2Bi.HN/h4*1H3;;;1H. The van der Waals surface area contributed by atoms with Crippen LogP contribution < -0.4 is 1.20 Å². The summed E-state index contributed by atoms with van der Waals surface area (Å²) < 4.78 is 13.3. The molecule has 0 spiro atoms. The number of hydrogen-bond donors (Lipinski definition) is 1. The summed E-state index contributed by atoms with van der Waals surface area (Å²) in [6, 6.07) is 0. The van der Waals surface area contributed by atoms with Crippen LogP contribution in [0.5, 0.6) is 0 Å². The van der Waals surface area contributed by atoms with E-state index in [1.54, 1.807) is 0 Å². The van der Waals surface area contributed by atoms with Crippen molar-refractivity contribution < 1.29 is 0 Å². The predicted molar refractivity (Wildman–Crippen MR) is 38.1 cm³/mol. The molecule has 0 saturated heterocycles. The predicted octanol–water partition coefficient (Wildman–Crippen LogP) is 1.08. The van der Waals surface area contributed by atoms with Crippen molar-refractivity contribution in [3.8, 4) is 0 Å². The minimum absolute atomic E-state index is 0.903. The third-order valence-electron chi connectivity index (χ3n) is 0.400. The molecular weight excluding hydrogens is 480 g/mol. The first-order valence-corrected chi connectivity index (χ1v) is 19.6. The Balaban J connectivity index is 2.95. The molecule has 0 heterocycles. The molecule has 0 aliphatic heterocycles. The molecule has 0 aromatic carbocycles. The molecule has 0 aliphatic rings. The molecule has 1 N–H and O–H groups in total. The van der Waals surface area contributed by atoms with E-state index in [0.717, 1.165) is 0 Å². The number of rotatable bonds is 2. The maximum atomic E-state index is 3.71. The fourth-order valence-electron chi connectivity index (χ4n) is 0.400. The van der Waals surface area contributed by atoms with E-state index in [-0.39, 0.29) is 0 Å². The van der Waals surface area contributed by atoms with Gasteiger partial charge in [0.2, 0.25) is 0 Å². The zero-order chi connectivity index (χ0) is 5.86. The Hall–Kier alpha value is 1.73. The summed E-state index contributed by atoms with van der Waals surface area (Å²) in [7, 11) is 0. The first-order valence-electron chi connectivity index (χ1n) is 2.24. The second-order valence-corrected chi connectivity index (χ2v) is 23.4. The van der Waals surface area contributed by atoms with E-state index in [0.29, 0.717) is 0 Å². The van der Waals surface area contributed by atoms with Crippen molar-refractivity contribution in [1.29, 1.82) is 0 Å². The quantitative estimate of drug-likeness (QED) is 0.569. The summed E-state index contributed by atoms with van der Waals surface area (Å²) in [6.07, 6.45) is 0. The molecular formula is C4H13Bi2N. The zero-order valence-corrected chi connectivity index (χ0v) is 12.3. The Labute approximate surface area is 63.0 Å². The summed E-state index contributed by atoms with van der Waals surface area (Å²) in [4.78, 5) is 0. The van der Waals surface area contributed by atoms with Crippen molar-refractivity contribution in [2.75, 3.05) is 0 Å². The van der Waals surface area contributed by atoms with E-state index in [9.17, 15) is 0 Å². The Kier molecular flexibility index (Phi) is 5.72. The molecule has 0 aliphatic carbocycles. The van der Waals surface area contributed by atoms with Crippen LogP contribution in [0.25, 0.3) is 0 Å². The van der Waals surface area contributed by atoms with Crippen LogP contribution in [0.1, 0.15) is 0 Å². The first kappa shape index (κ1) is 8.73. The fourth-order valence-corrected chi connectivity index (χ4v) is 30.8. The van der Waals surface area contributed by atoms with Crippen LogP contribution in [0.2, 0.25) is 18.5 Å². The number of nitrogens with one attached hydrogen (secondary N) is 1. The SMILES string of the molecule is [CH3][Bi]([CH3])[NH][Bi]([CH3])[CH3]. The summed E-state index contributed by atoms with van der Waals surface area (Å²) >= 11 is -1.81. The molecule has 1 nitrogen and oxygen atoms in total. The van der Waals surface area contributed by atoms with Crippen LogP contribution in [0.3, 0.4) is 0 Å². The Bertz CT molecular complexity index is 39.0. The average molecular weight is 493 g/mol. The fraction of sp³-hybridized carbons (Fsp3) is 1.00. The summed E-state index contributed by atoms with van der Waals surface area (Å²) in [5.41, 5.74) is 0. The van der Waals surface area contributed by atoms with Crippen LogP contribution in [0.15, 0.2) is 0 Å². The van der Waals surface area contributed by atoms with E-state index in [2.05, 4.69) is 19.7 Å². The van der Waals surface area contributed by atoms with Gasteiger partial charge in [0.1, 0.15) is 0 Å². The number of hydrogen-bond acceptors (Lipinski definition) is 1. The van der Waals surface area contributed by atoms with Gasteiger partial charge in [-0.2, -0.15) is 0 Å². The van der Waals surface area contributed by atoms with Crippen molar-refractivity contribution in [2.45, 2.75) is 18.5 Å². The van der Waals surface area contributed by atoms with Crippen molar-refractivity contribution >= 4 is 44.1 Å².